The zero-order valence-electron chi connectivity index (χ0n) is 9.22. The average molecular weight is 235 g/mol. The molecule has 0 bridgehead atoms. The molecule has 6 heteroatoms. The van der Waals surface area contributed by atoms with Crippen LogP contribution in [0.15, 0.2) is 0 Å². The minimum absolute atomic E-state index is 0.0615. The van der Waals surface area contributed by atoms with E-state index >= 15 is 0 Å². The van der Waals surface area contributed by atoms with Crippen LogP contribution in [-0.4, -0.2) is 43.3 Å². The van der Waals surface area contributed by atoms with Gasteiger partial charge < -0.3 is 4.90 Å². The van der Waals surface area contributed by atoms with Crippen LogP contribution < -0.4 is 5.32 Å². The second-order valence-corrected chi connectivity index (χ2v) is 4.25. The van der Waals surface area contributed by atoms with Gasteiger partial charge in [-0.05, 0) is 19.9 Å². The summed E-state index contributed by atoms with van der Waals surface area (Å²) in [5, 5.41) is 11.9. The molecule has 0 spiro atoms. The summed E-state index contributed by atoms with van der Waals surface area (Å²) < 4.78 is 35.8. The van der Waals surface area contributed by atoms with Gasteiger partial charge in [0.25, 0.3) is 0 Å². The number of hydrogen-bond acceptors (Lipinski definition) is 3. The van der Waals surface area contributed by atoms with Crippen LogP contribution >= 0.6 is 0 Å². The Morgan fingerprint density at radius 1 is 1.50 bits per heavy atom. The summed E-state index contributed by atoms with van der Waals surface area (Å²) in [6.07, 6.45) is -2.83. The summed E-state index contributed by atoms with van der Waals surface area (Å²) in [6, 6.07) is 2.09. The normalized spacial score (nSPS) is 18.5. The highest BCUT2D eigenvalue weighted by Gasteiger charge is 2.28. The molecule has 1 atom stereocenters. The maximum absolute atomic E-state index is 11.9. The molecule has 3 nitrogen and oxygen atoms in total. The zero-order chi connectivity index (χ0) is 12.2. The number of hydrogen-bond donors (Lipinski definition) is 1. The van der Waals surface area contributed by atoms with Crippen molar-refractivity contribution in [1.82, 2.24) is 10.2 Å². The first-order chi connectivity index (χ1) is 7.40. The van der Waals surface area contributed by atoms with Gasteiger partial charge in [0.05, 0.1) is 12.5 Å². The minimum atomic E-state index is -4.12. The molecule has 0 radical (unpaired) electrons. The van der Waals surface area contributed by atoms with Crippen LogP contribution in [0.2, 0.25) is 0 Å². The molecule has 1 saturated carbocycles. The van der Waals surface area contributed by atoms with Crippen LogP contribution in [-0.2, 0) is 0 Å². The third kappa shape index (κ3) is 5.93. The molecular weight excluding hydrogens is 219 g/mol. The number of nitrogens with zero attached hydrogens (tertiary/aromatic N) is 2. The van der Waals surface area contributed by atoms with Gasteiger partial charge >= 0.3 is 6.18 Å². The average Bonchev–Trinajstić information content (AvgIpc) is 2.96. The molecule has 1 rings (SSSR count). The Morgan fingerprint density at radius 3 is 2.56 bits per heavy atom. The van der Waals surface area contributed by atoms with Gasteiger partial charge in [-0.2, -0.15) is 18.4 Å². The third-order valence-corrected chi connectivity index (χ3v) is 2.44. The monoisotopic (exact) mass is 235 g/mol. The Labute approximate surface area is 93.2 Å². The van der Waals surface area contributed by atoms with Gasteiger partial charge in [-0.3, -0.25) is 5.32 Å². The van der Waals surface area contributed by atoms with Crippen LogP contribution in [0, 0.1) is 11.3 Å². The SMILES string of the molecule is CN(CCC(F)(F)F)CC(C#N)NC1CC1. The second-order valence-electron chi connectivity index (χ2n) is 4.25. The molecule has 0 aromatic carbocycles. The summed E-state index contributed by atoms with van der Waals surface area (Å²) in [4.78, 5) is 1.54. The number of rotatable bonds is 6. The predicted molar refractivity (Wildman–Crippen MR) is 53.7 cm³/mol. The molecule has 92 valence electrons. The van der Waals surface area contributed by atoms with E-state index in [9.17, 15) is 13.2 Å². The molecule has 1 aliphatic rings. The first kappa shape index (κ1) is 13.3. The third-order valence-electron chi connectivity index (χ3n) is 2.44. The molecule has 0 aromatic heterocycles. The van der Waals surface area contributed by atoms with Crippen molar-refractivity contribution in [3.63, 3.8) is 0 Å². The quantitative estimate of drug-likeness (QED) is 0.758. The van der Waals surface area contributed by atoms with E-state index < -0.39 is 12.6 Å². The van der Waals surface area contributed by atoms with Crippen molar-refractivity contribution < 1.29 is 13.2 Å². The highest BCUT2D eigenvalue weighted by atomic mass is 19.4. The Kier molecular flexibility index (Phi) is 4.56. The Bertz CT molecular complexity index is 255. The second kappa shape index (κ2) is 5.51. The molecule has 1 N–H and O–H groups in total. The molecule has 0 heterocycles. The van der Waals surface area contributed by atoms with Crippen molar-refractivity contribution in [3.05, 3.63) is 0 Å². The number of halogens is 3. The summed E-state index contributed by atoms with van der Waals surface area (Å²) in [5.74, 6) is 0. The van der Waals surface area contributed by atoms with Crippen LogP contribution in [0.1, 0.15) is 19.3 Å². The molecule has 0 saturated heterocycles. The van der Waals surface area contributed by atoms with E-state index in [0.717, 1.165) is 12.8 Å². The number of alkyl halides is 3. The number of nitrogens with one attached hydrogen (secondary N) is 1. The standard InChI is InChI=1S/C10H16F3N3/c1-16(5-4-10(11,12)13)7-9(6-14)15-8-2-3-8/h8-9,15H,2-5,7H2,1H3. The Hall–Kier alpha value is -0.800. The van der Waals surface area contributed by atoms with E-state index in [0.29, 0.717) is 12.6 Å². The summed E-state index contributed by atoms with van der Waals surface area (Å²) >= 11 is 0. The molecule has 16 heavy (non-hydrogen) atoms. The molecular formula is C10H16F3N3. The molecule has 0 aliphatic heterocycles. The smallest absolute Gasteiger partial charge is 0.303 e. The Balaban J connectivity index is 2.20. The van der Waals surface area contributed by atoms with Crippen LogP contribution in [0.3, 0.4) is 0 Å². The highest BCUT2D eigenvalue weighted by molar-refractivity contribution is 4.97. The van der Waals surface area contributed by atoms with E-state index in [1.165, 1.54) is 4.90 Å². The molecule has 0 amide bonds. The van der Waals surface area contributed by atoms with Crippen LogP contribution in [0.25, 0.3) is 0 Å². The fourth-order valence-electron chi connectivity index (χ4n) is 1.39. The van der Waals surface area contributed by atoms with Crippen LogP contribution in [0.5, 0.6) is 0 Å². The lowest BCUT2D eigenvalue weighted by atomic mass is 10.3. The number of likely N-dealkylation sites (N-methyl/N-ethyl adjacent to an activating group) is 1. The van der Waals surface area contributed by atoms with Gasteiger partial charge in [0.2, 0.25) is 0 Å². The van der Waals surface area contributed by atoms with Crippen molar-refractivity contribution in [2.75, 3.05) is 20.1 Å². The van der Waals surface area contributed by atoms with Gasteiger partial charge in [0, 0.05) is 19.1 Å². The summed E-state index contributed by atoms with van der Waals surface area (Å²) in [5.41, 5.74) is 0. The molecule has 1 fully saturated rings. The van der Waals surface area contributed by atoms with Crippen molar-refractivity contribution >= 4 is 0 Å². The molecule has 1 unspecified atom stereocenters. The molecule has 1 aliphatic carbocycles. The van der Waals surface area contributed by atoms with E-state index in [1.807, 2.05) is 0 Å². The van der Waals surface area contributed by atoms with E-state index in [4.69, 9.17) is 5.26 Å². The van der Waals surface area contributed by atoms with Gasteiger partial charge in [0.1, 0.15) is 6.04 Å². The predicted octanol–water partition coefficient (Wildman–Crippen LogP) is 1.51. The lowest BCUT2D eigenvalue weighted by molar-refractivity contribution is -0.137. The first-order valence-corrected chi connectivity index (χ1v) is 5.31. The topological polar surface area (TPSA) is 39.1 Å². The van der Waals surface area contributed by atoms with E-state index in [2.05, 4.69) is 11.4 Å². The van der Waals surface area contributed by atoms with E-state index in [1.54, 1.807) is 7.05 Å². The fourth-order valence-corrected chi connectivity index (χ4v) is 1.39. The summed E-state index contributed by atoms with van der Waals surface area (Å²) in [7, 11) is 1.60. The maximum Gasteiger partial charge on any atom is 0.390 e. The fraction of sp³-hybridized carbons (Fsp3) is 0.900. The van der Waals surface area contributed by atoms with Crippen molar-refractivity contribution in [3.8, 4) is 6.07 Å². The van der Waals surface area contributed by atoms with Crippen molar-refractivity contribution in [1.29, 1.82) is 5.26 Å². The lowest BCUT2D eigenvalue weighted by Crippen LogP contribution is -2.40. The zero-order valence-corrected chi connectivity index (χ0v) is 9.22. The highest BCUT2D eigenvalue weighted by Crippen LogP contribution is 2.20. The van der Waals surface area contributed by atoms with Crippen LogP contribution in [0.4, 0.5) is 13.2 Å². The largest absolute Gasteiger partial charge is 0.390 e. The molecule has 0 aromatic rings. The summed E-state index contributed by atoms with van der Waals surface area (Å²) in [6.45, 7) is 0.275. The van der Waals surface area contributed by atoms with Gasteiger partial charge in [-0.1, -0.05) is 0 Å². The first-order valence-electron chi connectivity index (χ1n) is 5.31. The lowest BCUT2D eigenvalue weighted by Gasteiger charge is -2.21. The van der Waals surface area contributed by atoms with Gasteiger partial charge in [-0.25, -0.2) is 0 Å². The van der Waals surface area contributed by atoms with Crippen molar-refractivity contribution in [2.45, 2.75) is 37.5 Å². The van der Waals surface area contributed by atoms with Gasteiger partial charge in [-0.15, -0.1) is 0 Å². The van der Waals surface area contributed by atoms with Crippen molar-refractivity contribution in [2.24, 2.45) is 0 Å². The Morgan fingerprint density at radius 2 is 2.12 bits per heavy atom. The maximum atomic E-state index is 11.9. The minimum Gasteiger partial charge on any atom is -0.303 e. The van der Waals surface area contributed by atoms with Gasteiger partial charge in [0.15, 0.2) is 0 Å². The number of nitriles is 1. The van der Waals surface area contributed by atoms with E-state index in [-0.39, 0.29) is 12.6 Å².